The predicted molar refractivity (Wildman–Crippen MR) is 74.1 cm³/mol. The minimum atomic E-state index is -1.00. The molecule has 1 aromatic rings. The molecule has 1 aromatic heterocycles. The SMILES string of the molecule is C[C@@]1(c2cc(Br)cnc2F)C=CSC(OC(N)=O)=N1. The molecular formula is C11H9BrFN3O2S. The molecule has 0 aliphatic carbocycles. The molecular weight excluding hydrogens is 337 g/mol. The number of carbonyl (C=O) groups is 1. The van der Waals surface area contributed by atoms with E-state index in [1.807, 2.05) is 0 Å². The first-order chi connectivity index (χ1) is 8.90. The van der Waals surface area contributed by atoms with Gasteiger partial charge in [0, 0.05) is 16.2 Å². The summed E-state index contributed by atoms with van der Waals surface area (Å²) in [4.78, 5) is 18.5. The minimum absolute atomic E-state index is 0.0666. The molecule has 0 radical (unpaired) electrons. The lowest BCUT2D eigenvalue weighted by atomic mass is 9.94. The Kier molecular flexibility index (Phi) is 3.91. The Morgan fingerprint density at radius 2 is 2.37 bits per heavy atom. The Morgan fingerprint density at radius 1 is 1.63 bits per heavy atom. The molecule has 1 aliphatic heterocycles. The molecule has 1 amide bonds. The first-order valence-corrected chi connectivity index (χ1v) is 6.81. The van der Waals surface area contributed by atoms with E-state index in [1.165, 1.54) is 6.20 Å². The van der Waals surface area contributed by atoms with Gasteiger partial charge in [-0.1, -0.05) is 0 Å². The van der Waals surface area contributed by atoms with Crippen LogP contribution in [0.15, 0.2) is 33.2 Å². The van der Waals surface area contributed by atoms with Crippen LogP contribution in [0.1, 0.15) is 12.5 Å². The molecule has 2 heterocycles. The highest BCUT2D eigenvalue weighted by molar-refractivity contribution is 9.10. The van der Waals surface area contributed by atoms with Gasteiger partial charge in [0.05, 0.1) is 0 Å². The molecule has 0 unspecified atom stereocenters. The number of rotatable bonds is 1. The lowest BCUT2D eigenvalue weighted by molar-refractivity contribution is 0.209. The van der Waals surface area contributed by atoms with Crippen molar-refractivity contribution in [3.63, 3.8) is 0 Å². The van der Waals surface area contributed by atoms with Gasteiger partial charge in [-0.2, -0.15) is 4.39 Å². The summed E-state index contributed by atoms with van der Waals surface area (Å²) >= 11 is 4.32. The summed E-state index contributed by atoms with van der Waals surface area (Å²) in [7, 11) is 0. The Balaban J connectivity index is 2.43. The monoisotopic (exact) mass is 345 g/mol. The fourth-order valence-corrected chi connectivity index (χ4v) is 2.69. The molecule has 0 saturated heterocycles. The van der Waals surface area contributed by atoms with Crippen molar-refractivity contribution in [2.24, 2.45) is 10.7 Å². The summed E-state index contributed by atoms with van der Waals surface area (Å²) in [5.41, 5.74) is 4.20. The Hall–Kier alpha value is -1.41. The van der Waals surface area contributed by atoms with Crippen molar-refractivity contribution in [3.05, 3.63) is 39.7 Å². The van der Waals surface area contributed by atoms with E-state index >= 15 is 0 Å². The second-order valence-corrected chi connectivity index (χ2v) is 5.63. The van der Waals surface area contributed by atoms with Crippen LogP contribution < -0.4 is 5.73 Å². The van der Waals surface area contributed by atoms with Crippen molar-refractivity contribution < 1.29 is 13.9 Å². The molecule has 1 atom stereocenters. The molecule has 19 heavy (non-hydrogen) atoms. The fraction of sp³-hybridized carbons (Fsp3) is 0.182. The second kappa shape index (κ2) is 5.30. The van der Waals surface area contributed by atoms with Crippen LogP contribution in [0.25, 0.3) is 0 Å². The molecule has 0 bridgehead atoms. The van der Waals surface area contributed by atoms with Gasteiger partial charge < -0.3 is 10.5 Å². The average Bonchev–Trinajstić information content (AvgIpc) is 2.31. The first kappa shape index (κ1) is 14.0. The van der Waals surface area contributed by atoms with Gasteiger partial charge in [-0.05, 0) is 52.2 Å². The summed E-state index contributed by atoms with van der Waals surface area (Å²) in [6.07, 6.45) is 2.09. The van der Waals surface area contributed by atoms with E-state index in [0.717, 1.165) is 11.8 Å². The number of hydrogen-bond donors (Lipinski definition) is 1. The van der Waals surface area contributed by atoms with E-state index in [4.69, 9.17) is 10.5 Å². The molecule has 0 spiro atoms. The second-order valence-electron chi connectivity index (χ2n) is 3.86. The molecule has 0 saturated carbocycles. The number of aliphatic imine (C=N–C) groups is 1. The third-order valence-corrected chi connectivity index (χ3v) is 3.51. The molecule has 100 valence electrons. The van der Waals surface area contributed by atoms with Crippen LogP contribution in [0.3, 0.4) is 0 Å². The van der Waals surface area contributed by atoms with Gasteiger partial charge in [0.15, 0.2) is 0 Å². The number of aromatic nitrogens is 1. The summed E-state index contributed by atoms with van der Waals surface area (Å²) in [6, 6.07) is 1.58. The number of nitrogens with zero attached hydrogens (tertiary/aromatic N) is 2. The maximum atomic E-state index is 13.8. The van der Waals surface area contributed by atoms with Crippen LogP contribution in [0, 0.1) is 5.95 Å². The molecule has 8 heteroatoms. The number of pyridine rings is 1. The smallest absolute Gasteiger partial charge is 0.385 e. The maximum absolute atomic E-state index is 13.8. The highest BCUT2D eigenvalue weighted by atomic mass is 79.9. The van der Waals surface area contributed by atoms with E-state index in [9.17, 15) is 9.18 Å². The third-order valence-electron chi connectivity index (χ3n) is 2.42. The van der Waals surface area contributed by atoms with Crippen LogP contribution in [-0.2, 0) is 10.3 Å². The molecule has 0 fully saturated rings. The number of ether oxygens (including phenoxy) is 1. The van der Waals surface area contributed by atoms with Crippen molar-refractivity contribution >= 4 is 39.0 Å². The van der Waals surface area contributed by atoms with Gasteiger partial charge in [-0.3, -0.25) is 0 Å². The largest absolute Gasteiger partial charge is 0.411 e. The van der Waals surface area contributed by atoms with Crippen molar-refractivity contribution in [1.82, 2.24) is 4.98 Å². The van der Waals surface area contributed by atoms with Crippen LogP contribution in [0.2, 0.25) is 0 Å². The highest BCUT2D eigenvalue weighted by Gasteiger charge is 2.31. The van der Waals surface area contributed by atoms with Crippen LogP contribution in [0.5, 0.6) is 0 Å². The average molecular weight is 346 g/mol. The van der Waals surface area contributed by atoms with Gasteiger partial charge in [0.2, 0.25) is 5.95 Å². The third kappa shape index (κ3) is 3.13. The summed E-state index contributed by atoms with van der Waals surface area (Å²) in [5, 5.41) is 1.72. The topological polar surface area (TPSA) is 77.6 Å². The van der Waals surface area contributed by atoms with Gasteiger partial charge in [-0.15, -0.1) is 0 Å². The van der Waals surface area contributed by atoms with E-state index in [2.05, 4.69) is 25.9 Å². The minimum Gasteiger partial charge on any atom is -0.385 e. The van der Waals surface area contributed by atoms with Gasteiger partial charge in [0.25, 0.3) is 5.23 Å². The van der Waals surface area contributed by atoms with Crippen molar-refractivity contribution in [3.8, 4) is 0 Å². The Bertz CT molecular complexity index is 593. The summed E-state index contributed by atoms with van der Waals surface area (Å²) in [5.74, 6) is -0.635. The van der Waals surface area contributed by atoms with E-state index < -0.39 is 17.6 Å². The number of amides is 1. The zero-order valence-electron chi connectivity index (χ0n) is 9.76. The normalized spacial score (nSPS) is 21.9. The lowest BCUT2D eigenvalue weighted by Gasteiger charge is -2.25. The number of hydrogen-bond acceptors (Lipinski definition) is 5. The van der Waals surface area contributed by atoms with Crippen molar-refractivity contribution in [1.29, 1.82) is 0 Å². The van der Waals surface area contributed by atoms with Crippen LogP contribution >= 0.6 is 27.7 Å². The standard InChI is InChI=1S/C11H9BrFN3O2S/c1-11(7-4-6(12)5-15-8(7)13)2-3-19-10(16-11)18-9(14)17/h2-5H,1H3,(H2,14,17)/t11-/m0/s1. The lowest BCUT2D eigenvalue weighted by Crippen LogP contribution is -2.25. The summed E-state index contributed by atoms with van der Waals surface area (Å²) in [6.45, 7) is 1.68. The van der Waals surface area contributed by atoms with Gasteiger partial charge in [-0.25, -0.2) is 14.8 Å². The highest BCUT2D eigenvalue weighted by Crippen LogP contribution is 2.35. The Morgan fingerprint density at radius 3 is 3.05 bits per heavy atom. The Labute approximate surface area is 121 Å². The van der Waals surface area contributed by atoms with E-state index in [1.54, 1.807) is 24.5 Å². The molecule has 2 N–H and O–H groups in total. The van der Waals surface area contributed by atoms with E-state index in [-0.39, 0.29) is 10.8 Å². The molecule has 5 nitrogen and oxygen atoms in total. The molecule has 1 aliphatic rings. The van der Waals surface area contributed by atoms with Gasteiger partial charge in [0.1, 0.15) is 5.54 Å². The number of nitrogens with two attached hydrogens (primary N) is 1. The summed E-state index contributed by atoms with van der Waals surface area (Å²) < 4.78 is 19.2. The zero-order chi connectivity index (χ0) is 14.0. The van der Waals surface area contributed by atoms with Crippen LogP contribution in [0.4, 0.5) is 9.18 Å². The van der Waals surface area contributed by atoms with Crippen molar-refractivity contribution in [2.75, 3.05) is 0 Å². The molecule has 0 aromatic carbocycles. The maximum Gasteiger partial charge on any atom is 0.411 e. The zero-order valence-corrected chi connectivity index (χ0v) is 12.2. The number of thioether (sulfide) groups is 1. The van der Waals surface area contributed by atoms with Gasteiger partial charge >= 0.3 is 6.09 Å². The van der Waals surface area contributed by atoms with E-state index in [0.29, 0.717) is 4.47 Å². The number of primary amides is 1. The quantitative estimate of drug-likeness (QED) is 0.793. The number of halogens is 2. The molecule has 2 rings (SSSR count). The fourth-order valence-electron chi connectivity index (χ4n) is 1.54. The number of carbonyl (C=O) groups excluding carboxylic acids is 1. The predicted octanol–water partition coefficient (Wildman–Crippen LogP) is 2.91. The van der Waals surface area contributed by atoms with Crippen LogP contribution in [-0.4, -0.2) is 16.3 Å². The van der Waals surface area contributed by atoms with Crippen molar-refractivity contribution in [2.45, 2.75) is 12.5 Å². The first-order valence-electron chi connectivity index (χ1n) is 5.14.